The Bertz CT molecular complexity index is 732. The van der Waals surface area contributed by atoms with Crippen molar-refractivity contribution < 1.29 is 17.5 Å². The Morgan fingerprint density at radius 2 is 1.85 bits per heavy atom. The minimum atomic E-state index is -4.10. The molecule has 0 radical (unpaired) electrons. The lowest BCUT2D eigenvalue weighted by atomic mass is 10.2. The molecule has 2 aromatic carbocycles. The fourth-order valence-electron chi connectivity index (χ4n) is 1.56. The first kappa shape index (κ1) is 15.1. The van der Waals surface area contributed by atoms with Crippen molar-refractivity contribution in [2.45, 2.75) is 11.5 Å². The van der Waals surface area contributed by atoms with Crippen LogP contribution in [-0.4, -0.2) is 8.42 Å². The van der Waals surface area contributed by atoms with Crippen LogP contribution in [0.15, 0.2) is 47.4 Å². The smallest absolute Gasteiger partial charge is 0.265 e. The van der Waals surface area contributed by atoms with Gasteiger partial charge in [0.1, 0.15) is 23.1 Å². The summed E-state index contributed by atoms with van der Waals surface area (Å²) in [4.78, 5) is -0.411. The molecule has 0 aliphatic heterocycles. The average Bonchev–Trinajstić information content (AvgIpc) is 2.38. The Balaban J connectivity index is 2.29. The van der Waals surface area contributed by atoms with Crippen LogP contribution in [0.4, 0.5) is 4.39 Å². The first-order chi connectivity index (χ1) is 9.38. The van der Waals surface area contributed by atoms with Crippen LogP contribution in [0.5, 0.6) is 5.75 Å². The second-order valence-electron chi connectivity index (χ2n) is 3.91. The Labute approximate surface area is 125 Å². The van der Waals surface area contributed by atoms with Crippen molar-refractivity contribution in [2.75, 3.05) is 0 Å². The summed E-state index contributed by atoms with van der Waals surface area (Å²) < 4.78 is 41.2. The van der Waals surface area contributed by atoms with E-state index in [0.717, 1.165) is 12.1 Å². The van der Waals surface area contributed by atoms with Crippen molar-refractivity contribution in [3.8, 4) is 5.75 Å². The van der Waals surface area contributed by atoms with E-state index in [1.165, 1.54) is 6.07 Å². The summed E-state index contributed by atoms with van der Waals surface area (Å²) >= 11 is 5.96. The monoisotopic (exact) mass is 334 g/mol. The van der Waals surface area contributed by atoms with Gasteiger partial charge in [0.15, 0.2) is 0 Å². The number of halogens is 3. The second kappa shape index (κ2) is 5.99. The molecule has 2 aromatic rings. The van der Waals surface area contributed by atoms with Gasteiger partial charge in [-0.2, -0.15) is 0 Å². The van der Waals surface area contributed by atoms with Crippen molar-refractivity contribution in [1.82, 2.24) is 0 Å². The van der Waals surface area contributed by atoms with Crippen LogP contribution in [0.3, 0.4) is 0 Å². The van der Waals surface area contributed by atoms with E-state index in [9.17, 15) is 12.8 Å². The van der Waals surface area contributed by atoms with Gasteiger partial charge in [0.05, 0.1) is 0 Å². The van der Waals surface area contributed by atoms with Crippen LogP contribution in [0.25, 0.3) is 0 Å². The molecular weight excluding hydrogens is 326 g/mol. The molecule has 0 saturated heterocycles. The van der Waals surface area contributed by atoms with Crippen molar-refractivity contribution in [3.05, 3.63) is 58.9 Å². The van der Waals surface area contributed by atoms with E-state index >= 15 is 0 Å². The van der Waals surface area contributed by atoms with Crippen LogP contribution in [-0.2, 0) is 15.7 Å². The quantitative estimate of drug-likeness (QED) is 0.794. The van der Waals surface area contributed by atoms with Crippen molar-refractivity contribution in [3.63, 3.8) is 0 Å². The highest BCUT2D eigenvalue weighted by Gasteiger charge is 2.18. The van der Waals surface area contributed by atoms with Crippen LogP contribution < -0.4 is 4.74 Å². The number of rotatable bonds is 4. The van der Waals surface area contributed by atoms with Crippen molar-refractivity contribution >= 4 is 31.3 Å². The number of ether oxygens (including phenoxy) is 1. The maximum absolute atomic E-state index is 13.1. The lowest BCUT2D eigenvalue weighted by Crippen LogP contribution is -2.01. The molecule has 0 N–H and O–H groups in total. The summed E-state index contributed by atoms with van der Waals surface area (Å²) in [6, 6.07) is 10.1. The SMILES string of the molecule is O=S(=O)(Cl)c1cc(F)ccc1OCc1ccccc1Cl. The van der Waals surface area contributed by atoms with Gasteiger partial charge in [-0.25, -0.2) is 12.8 Å². The van der Waals surface area contributed by atoms with E-state index < -0.39 is 19.8 Å². The van der Waals surface area contributed by atoms with Gasteiger partial charge >= 0.3 is 0 Å². The maximum atomic E-state index is 13.1. The van der Waals surface area contributed by atoms with E-state index in [1.807, 2.05) is 0 Å². The van der Waals surface area contributed by atoms with Gasteiger partial charge in [0.25, 0.3) is 9.05 Å². The zero-order valence-corrected chi connectivity index (χ0v) is 12.3. The predicted molar refractivity (Wildman–Crippen MR) is 75.2 cm³/mol. The molecule has 0 aliphatic rings. The molecule has 0 bridgehead atoms. The first-order valence-corrected chi connectivity index (χ1v) is 8.17. The van der Waals surface area contributed by atoms with Crippen molar-refractivity contribution in [2.24, 2.45) is 0 Å². The van der Waals surface area contributed by atoms with Crippen LogP contribution in [0, 0.1) is 5.82 Å². The van der Waals surface area contributed by atoms with E-state index in [0.29, 0.717) is 10.6 Å². The molecular formula is C13H9Cl2FO3S. The zero-order chi connectivity index (χ0) is 14.8. The molecule has 20 heavy (non-hydrogen) atoms. The molecule has 0 amide bonds. The first-order valence-electron chi connectivity index (χ1n) is 5.48. The topological polar surface area (TPSA) is 43.4 Å². The third-order valence-corrected chi connectivity index (χ3v) is 4.22. The van der Waals surface area contributed by atoms with E-state index in [4.69, 9.17) is 27.0 Å². The lowest BCUT2D eigenvalue weighted by molar-refractivity contribution is 0.297. The molecule has 0 heterocycles. The van der Waals surface area contributed by atoms with E-state index in [1.54, 1.807) is 24.3 Å². The van der Waals surface area contributed by atoms with Crippen molar-refractivity contribution in [1.29, 1.82) is 0 Å². The predicted octanol–water partition coefficient (Wildman–Crippen LogP) is 3.99. The summed E-state index contributed by atoms with van der Waals surface area (Å²) in [5.74, 6) is -0.740. The highest BCUT2D eigenvalue weighted by molar-refractivity contribution is 8.13. The van der Waals surface area contributed by atoms with Crippen LogP contribution >= 0.6 is 22.3 Å². The molecule has 0 unspecified atom stereocenters. The van der Waals surface area contributed by atoms with Gasteiger partial charge in [-0.1, -0.05) is 29.8 Å². The Morgan fingerprint density at radius 3 is 2.50 bits per heavy atom. The fourth-order valence-corrected chi connectivity index (χ4v) is 2.74. The van der Waals surface area contributed by atoms with Gasteiger partial charge in [-0.05, 0) is 24.3 Å². The molecule has 0 aliphatic carbocycles. The van der Waals surface area contributed by atoms with Gasteiger partial charge in [0, 0.05) is 21.3 Å². The highest BCUT2D eigenvalue weighted by Crippen LogP contribution is 2.29. The lowest BCUT2D eigenvalue weighted by Gasteiger charge is -2.10. The average molecular weight is 335 g/mol. The molecule has 0 atom stereocenters. The minimum Gasteiger partial charge on any atom is -0.487 e. The number of hydrogen-bond acceptors (Lipinski definition) is 3. The Hall–Kier alpha value is -1.30. The molecule has 3 nitrogen and oxygen atoms in total. The Kier molecular flexibility index (Phi) is 4.52. The Morgan fingerprint density at radius 1 is 1.15 bits per heavy atom. The summed E-state index contributed by atoms with van der Waals surface area (Å²) in [7, 11) is 1.15. The van der Waals surface area contributed by atoms with Crippen LogP contribution in [0.1, 0.15) is 5.56 Å². The fraction of sp³-hybridized carbons (Fsp3) is 0.0769. The third kappa shape index (κ3) is 3.62. The van der Waals surface area contributed by atoms with E-state index in [-0.39, 0.29) is 12.4 Å². The summed E-state index contributed by atoms with van der Waals surface area (Å²) in [6.45, 7) is 0.0463. The van der Waals surface area contributed by atoms with Gasteiger partial charge in [0.2, 0.25) is 0 Å². The number of benzene rings is 2. The molecule has 0 aromatic heterocycles. The summed E-state index contributed by atoms with van der Waals surface area (Å²) in [5, 5.41) is 0.491. The number of hydrogen-bond donors (Lipinski definition) is 0. The molecule has 2 rings (SSSR count). The van der Waals surface area contributed by atoms with E-state index in [2.05, 4.69) is 0 Å². The summed E-state index contributed by atoms with van der Waals surface area (Å²) in [6.07, 6.45) is 0. The molecule has 0 fully saturated rings. The zero-order valence-electron chi connectivity index (χ0n) is 10.0. The van der Waals surface area contributed by atoms with Gasteiger partial charge in [-0.3, -0.25) is 0 Å². The molecule has 0 spiro atoms. The third-order valence-electron chi connectivity index (χ3n) is 2.51. The highest BCUT2D eigenvalue weighted by atomic mass is 35.7. The minimum absolute atomic E-state index is 0.0266. The summed E-state index contributed by atoms with van der Waals surface area (Å²) in [5.41, 5.74) is 0.677. The normalized spacial score (nSPS) is 11.3. The molecule has 106 valence electrons. The van der Waals surface area contributed by atoms with Gasteiger partial charge < -0.3 is 4.74 Å². The molecule has 7 heteroatoms. The standard InChI is InChI=1S/C13H9Cl2FO3S/c14-11-4-2-1-3-9(11)8-19-12-6-5-10(16)7-13(12)20(15,17)18/h1-7H,8H2. The molecule has 0 saturated carbocycles. The van der Waals surface area contributed by atoms with Gasteiger partial charge in [-0.15, -0.1) is 0 Å². The second-order valence-corrected chi connectivity index (χ2v) is 6.85. The largest absolute Gasteiger partial charge is 0.487 e. The maximum Gasteiger partial charge on any atom is 0.265 e. The van der Waals surface area contributed by atoms with Crippen LogP contribution in [0.2, 0.25) is 5.02 Å².